The van der Waals surface area contributed by atoms with E-state index in [1.807, 2.05) is 32.0 Å². The summed E-state index contributed by atoms with van der Waals surface area (Å²) in [6.07, 6.45) is -0.237. The van der Waals surface area contributed by atoms with E-state index in [4.69, 9.17) is 16.3 Å². The molecule has 0 saturated heterocycles. The molecule has 3 N–H and O–H groups in total. The van der Waals surface area contributed by atoms with Crippen LogP contribution in [0.1, 0.15) is 47.1 Å². The SMILES string of the molecule is Cc1[nH]nc(Cl)c1C(=O)Nc1cccc2c1C(C)OC2(C)CO. The minimum absolute atomic E-state index is 0.131. The van der Waals surface area contributed by atoms with E-state index in [2.05, 4.69) is 15.5 Å². The summed E-state index contributed by atoms with van der Waals surface area (Å²) >= 11 is 5.96. The smallest absolute Gasteiger partial charge is 0.260 e. The topological polar surface area (TPSA) is 87.2 Å². The summed E-state index contributed by atoms with van der Waals surface area (Å²) in [6, 6.07) is 5.54. The molecule has 0 spiro atoms. The van der Waals surface area contributed by atoms with Crippen LogP contribution in [0.15, 0.2) is 18.2 Å². The molecule has 1 aliphatic heterocycles. The lowest BCUT2D eigenvalue weighted by Crippen LogP contribution is -2.25. The summed E-state index contributed by atoms with van der Waals surface area (Å²) in [7, 11) is 0. The number of aromatic nitrogens is 2. The van der Waals surface area contributed by atoms with Gasteiger partial charge in [0, 0.05) is 16.9 Å². The molecule has 1 aromatic carbocycles. The van der Waals surface area contributed by atoms with Crippen LogP contribution in [0.2, 0.25) is 5.15 Å². The van der Waals surface area contributed by atoms with Crippen molar-refractivity contribution in [2.24, 2.45) is 0 Å². The van der Waals surface area contributed by atoms with Crippen LogP contribution in [0.25, 0.3) is 0 Å². The highest BCUT2D eigenvalue weighted by atomic mass is 35.5. The number of nitrogens with zero attached hydrogens (tertiary/aromatic N) is 1. The van der Waals surface area contributed by atoms with Gasteiger partial charge in [-0.1, -0.05) is 23.7 Å². The first-order valence-corrected chi connectivity index (χ1v) is 7.69. The van der Waals surface area contributed by atoms with E-state index in [1.165, 1.54) is 0 Å². The summed E-state index contributed by atoms with van der Waals surface area (Å²) in [6.45, 7) is 5.33. The Bertz CT molecular complexity index is 754. The Morgan fingerprint density at radius 3 is 2.91 bits per heavy atom. The molecule has 2 atom stereocenters. The lowest BCUT2D eigenvalue weighted by molar-refractivity contribution is -0.0871. The number of fused-ring (bicyclic) bond motifs is 1. The molecular weight excluding hydrogens is 318 g/mol. The third kappa shape index (κ3) is 2.52. The average Bonchev–Trinajstić information content (AvgIpc) is 2.98. The maximum Gasteiger partial charge on any atom is 0.260 e. The Kier molecular flexibility index (Phi) is 3.91. The minimum atomic E-state index is -0.765. The number of aromatic amines is 1. The van der Waals surface area contributed by atoms with Crippen LogP contribution in [0, 0.1) is 6.92 Å². The van der Waals surface area contributed by atoms with Crippen molar-refractivity contribution in [3.8, 4) is 0 Å². The molecule has 23 heavy (non-hydrogen) atoms. The Hall–Kier alpha value is -1.89. The number of hydrogen-bond acceptors (Lipinski definition) is 4. The molecule has 6 nitrogen and oxygen atoms in total. The summed E-state index contributed by atoms with van der Waals surface area (Å²) in [5.41, 5.74) is 2.55. The zero-order valence-corrected chi connectivity index (χ0v) is 13.9. The van der Waals surface area contributed by atoms with E-state index >= 15 is 0 Å². The van der Waals surface area contributed by atoms with Gasteiger partial charge in [0.1, 0.15) is 5.60 Å². The highest BCUT2D eigenvalue weighted by Gasteiger charge is 2.40. The largest absolute Gasteiger partial charge is 0.393 e. The maximum atomic E-state index is 12.5. The van der Waals surface area contributed by atoms with Crippen molar-refractivity contribution in [1.82, 2.24) is 10.2 Å². The summed E-state index contributed by atoms with van der Waals surface area (Å²) < 4.78 is 5.88. The molecule has 1 amide bonds. The lowest BCUT2D eigenvalue weighted by Gasteiger charge is -2.22. The van der Waals surface area contributed by atoms with Crippen LogP contribution in [0.5, 0.6) is 0 Å². The number of nitrogens with one attached hydrogen (secondary N) is 2. The zero-order valence-electron chi connectivity index (χ0n) is 13.1. The normalized spacial score (nSPS) is 22.9. The van der Waals surface area contributed by atoms with E-state index in [1.54, 1.807) is 6.92 Å². The molecule has 0 aliphatic carbocycles. The molecular formula is C16H18ClN3O3. The molecule has 1 aromatic heterocycles. The van der Waals surface area contributed by atoms with Gasteiger partial charge in [0.05, 0.1) is 18.3 Å². The number of H-pyrrole nitrogens is 1. The van der Waals surface area contributed by atoms with Gasteiger partial charge >= 0.3 is 0 Å². The predicted molar refractivity (Wildman–Crippen MR) is 86.7 cm³/mol. The van der Waals surface area contributed by atoms with Gasteiger partial charge in [-0.15, -0.1) is 0 Å². The Balaban J connectivity index is 1.99. The molecule has 122 valence electrons. The van der Waals surface area contributed by atoms with E-state index in [0.717, 1.165) is 11.1 Å². The van der Waals surface area contributed by atoms with Gasteiger partial charge in [-0.3, -0.25) is 9.89 Å². The number of aryl methyl sites for hydroxylation is 1. The van der Waals surface area contributed by atoms with Crippen molar-refractivity contribution in [1.29, 1.82) is 0 Å². The van der Waals surface area contributed by atoms with Gasteiger partial charge in [0.15, 0.2) is 5.15 Å². The highest BCUT2D eigenvalue weighted by molar-refractivity contribution is 6.33. The number of aliphatic hydroxyl groups excluding tert-OH is 1. The number of ether oxygens (including phenoxy) is 1. The number of hydrogen-bond donors (Lipinski definition) is 3. The summed E-state index contributed by atoms with van der Waals surface area (Å²) in [5.74, 6) is -0.334. The Morgan fingerprint density at radius 2 is 2.30 bits per heavy atom. The molecule has 3 rings (SSSR count). The lowest BCUT2D eigenvalue weighted by atomic mass is 9.92. The van der Waals surface area contributed by atoms with Gasteiger partial charge in [-0.2, -0.15) is 5.10 Å². The number of benzene rings is 1. The zero-order chi connectivity index (χ0) is 16.8. The first-order valence-electron chi connectivity index (χ1n) is 7.31. The molecule has 0 bridgehead atoms. The van der Waals surface area contributed by atoms with Crippen LogP contribution in [0.3, 0.4) is 0 Å². The number of carbonyl (C=O) groups excluding carboxylic acids is 1. The second-order valence-corrected chi connectivity index (χ2v) is 6.24. The summed E-state index contributed by atoms with van der Waals surface area (Å²) in [4.78, 5) is 12.5. The van der Waals surface area contributed by atoms with Crippen LogP contribution in [-0.2, 0) is 10.3 Å². The van der Waals surface area contributed by atoms with Crippen molar-refractivity contribution in [2.75, 3.05) is 11.9 Å². The standard InChI is InChI=1S/C16H18ClN3O3/c1-8-12(14(17)20-19-8)15(22)18-11-6-4-5-10-13(11)9(2)23-16(10,3)7-21/h4-6,9,21H,7H2,1-3H3,(H,18,22)(H,19,20). The molecule has 2 unspecified atom stereocenters. The molecule has 0 saturated carbocycles. The number of aliphatic hydroxyl groups is 1. The first kappa shape index (κ1) is 16.0. The van der Waals surface area contributed by atoms with Crippen molar-refractivity contribution < 1.29 is 14.6 Å². The second-order valence-electron chi connectivity index (χ2n) is 5.88. The Morgan fingerprint density at radius 1 is 1.57 bits per heavy atom. The predicted octanol–water partition coefficient (Wildman–Crippen LogP) is 2.92. The van der Waals surface area contributed by atoms with Crippen molar-refractivity contribution >= 4 is 23.2 Å². The van der Waals surface area contributed by atoms with E-state index in [0.29, 0.717) is 16.9 Å². The molecule has 2 heterocycles. The van der Waals surface area contributed by atoms with Crippen LogP contribution < -0.4 is 5.32 Å². The minimum Gasteiger partial charge on any atom is -0.393 e. The number of anilines is 1. The number of carbonyl (C=O) groups is 1. The quantitative estimate of drug-likeness (QED) is 0.804. The fourth-order valence-corrected chi connectivity index (χ4v) is 3.33. The summed E-state index contributed by atoms with van der Waals surface area (Å²) in [5, 5.41) is 19.2. The molecule has 2 aromatic rings. The number of rotatable bonds is 3. The van der Waals surface area contributed by atoms with Crippen molar-refractivity contribution in [3.05, 3.63) is 45.7 Å². The van der Waals surface area contributed by atoms with E-state index < -0.39 is 5.60 Å². The third-order valence-corrected chi connectivity index (χ3v) is 4.47. The Labute approximate surface area is 138 Å². The van der Waals surface area contributed by atoms with Crippen LogP contribution >= 0.6 is 11.6 Å². The van der Waals surface area contributed by atoms with Gasteiger partial charge < -0.3 is 15.2 Å². The average molecular weight is 336 g/mol. The van der Waals surface area contributed by atoms with E-state index in [9.17, 15) is 9.90 Å². The highest BCUT2D eigenvalue weighted by Crippen LogP contribution is 2.46. The van der Waals surface area contributed by atoms with Gasteiger partial charge in [0.25, 0.3) is 5.91 Å². The first-order chi connectivity index (χ1) is 10.9. The van der Waals surface area contributed by atoms with Gasteiger partial charge in [-0.25, -0.2) is 0 Å². The van der Waals surface area contributed by atoms with Crippen LogP contribution in [-0.4, -0.2) is 27.8 Å². The monoisotopic (exact) mass is 335 g/mol. The second kappa shape index (κ2) is 5.63. The molecule has 7 heteroatoms. The van der Waals surface area contributed by atoms with Crippen LogP contribution in [0.4, 0.5) is 5.69 Å². The van der Waals surface area contributed by atoms with Crippen molar-refractivity contribution in [2.45, 2.75) is 32.5 Å². The van der Waals surface area contributed by atoms with Gasteiger partial charge in [0.2, 0.25) is 0 Å². The number of halogens is 1. The van der Waals surface area contributed by atoms with Crippen molar-refractivity contribution in [3.63, 3.8) is 0 Å². The number of amides is 1. The molecule has 0 fully saturated rings. The fraction of sp³-hybridized carbons (Fsp3) is 0.375. The maximum absolute atomic E-state index is 12.5. The fourth-order valence-electron chi connectivity index (χ4n) is 3.06. The van der Waals surface area contributed by atoms with E-state index in [-0.39, 0.29) is 23.8 Å². The molecule has 1 aliphatic rings. The molecule has 0 radical (unpaired) electrons. The van der Waals surface area contributed by atoms with Gasteiger partial charge in [-0.05, 0) is 32.4 Å². The third-order valence-electron chi connectivity index (χ3n) is 4.20.